The van der Waals surface area contributed by atoms with E-state index < -0.39 is 0 Å². The highest BCUT2D eigenvalue weighted by molar-refractivity contribution is 5.31. The third-order valence-corrected chi connectivity index (χ3v) is 1.88. The molecule has 0 N–H and O–H groups in total. The molecule has 0 bridgehead atoms. The van der Waals surface area contributed by atoms with Crippen LogP contribution in [0.4, 0.5) is 4.39 Å². The lowest BCUT2D eigenvalue weighted by molar-refractivity contribution is 0.602. The molecule has 0 fully saturated rings. The minimum Gasteiger partial charge on any atom is -0.309 e. The van der Waals surface area contributed by atoms with Gasteiger partial charge in [0.2, 0.25) is 6.04 Å². The van der Waals surface area contributed by atoms with Gasteiger partial charge in [0.25, 0.3) is 0 Å². The molecule has 1 rings (SSSR count). The predicted molar refractivity (Wildman–Crippen MR) is 46.2 cm³/mol. The zero-order chi connectivity index (χ0) is 9.14. The molecule has 0 aliphatic rings. The Hall–Kier alpha value is -1.36. The van der Waals surface area contributed by atoms with Crippen LogP contribution in [0.5, 0.6) is 0 Å². The summed E-state index contributed by atoms with van der Waals surface area (Å²) in [5, 5.41) is 0. The lowest BCUT2D eigenvalue weighted by Crippen LogP contribution is -1.95. The molecular weight excluding hydrogens is 153 g/mol. The van der Waals surface area contributed by atoms with Crippen molar-refractivity contribution in [3.63, 3.8) is 0 Å². The van der Waals surface area contributed by atoms with Crippen molar-refractivity contribution < 1.29 is 4.39 Å². The lowest BCUT2D eigenvalue weighted by atomic mass is 10.0. The minimum atomic E-state index is -0.383. The zero-order valence-corrected chi connectivity index (χ0v) is 7.13. The normalized spacial score (nSPS) is 12.2. The summed E-state index contributed by atoms with van der Waals surface area (Å²) in [7, 11) is 0. The van der Waals surface area contributed by atoms with E-state index in [9.17, 15) is 4.39 Å². The van der Waals surface area contributed by atoms with Crippen molar-refractivity contribution in [3.8, 4) is 0 Å². The van der Waals surface area contributed by atoms with Crippen LogP contribution in [0.25, 0.3) is 4.85 Å². The summed E-state index contributed by atoms with van der Waals surface area (Å²) in [5.74, 6) is -0.279. The van der Waals surface area contributed by atoms with E-state index >= 15 is 0 Å². The number of hydrogen-bond donors (Lipinski definition) is 0. The van der Waals surface area contributed by atoms with Gasteiger partial charge in [-0.3, -0.25) is 0 Å². The predicted octanol–water partition coefficient (Wildman–Crippen LogP) is 3.11. The zero-order valence-electron chi connectivity index (χ0n) is 7.13. The average molecular weight is 163 g/mol. The van der Waals surface area contributed by atoms with E-state index in [2.05, 4.69) is 4.85 Å². The fourth-order valence-corrected chi connectivity index (χ4v) is 1.24. The molecule has 2 heteroatoms. The summed E-state index contributed by atoms with van der Waals surface area (Å²) in [6.07, 6.45) is 0. The molecule has 1 nitrogen and oxygen atoms in total. The summed E-state index contributed by atoms with van der Waals surface area (Å²) in [6, 6.07) is 4.49. The van der Waals surface area contributed by atoms with Gasteiger partial charge in [0.15, 0.2) is 0 Å². The maximum atomic E-state index is 13.1. The maximum Gasteiger partial charge on any atom is 0.249 e. The third kappa shape index (κ3) is 1.45. The van der Waals surface area contributed by atoms with Gasteiger partial charge in [0.05, 0.1) is 5.56 Å². The first-order valence-corrected chi connectivity index (χ1v) is 3.78. The van der Waals surface area contributed by atoms with Gasteiger partial charge in [-0.1, -0.05) is 12.1 Å². The first-order chi connectivity index (χ1) is 5.66. The summed E-state index contributed by atoms with van der Waals surface area (Å²) in [4.78, 5) is 3.29. The van der Waals surface area contributed by atoms with E-state index in [1.54, 1.807) is 13.0 Å². The molecule has 1 aromatic rings. The number of rotatable bonds is 1. The number of halogens is 1. The molecule has 0 amide bonds. The molecule has 0 spiro atoms. The van der Waals surface area contributed by atoms with Gasteiger partial charge < -0.3 is 4.85 Å². The van der Waals surface area contributed by atoms with Crippen molar-refractivity contribution >= 4 is 0 Å². The quantitative estimate of drug-likeness (QED) is 0.560. The van der Waals surface area contributed by atoms with Gasteiger partial charge in [-0.2, -0.15) is 0 Å². The molecule has 0 radical (unpaired) electrons. The Morgan fingerprint density at radius 3 is 2.67 bits per heavy atom. The Labute approximate surface area is 71.7 Å². The van der Waals surface area contributed by atoms with E-state index in [-0.39, 0.29) is 11.9 Å². The van der Waals surface area contributed by atoms with Crippen LogP contribution in [0.1, 0.15) is 24.1 Å². The molecule has 0 aliphatic carbocycles. The fourth-order valence-electron chi connectivity index (χ4n) is 1.24. The Balaban J connectivity index is 3.23. The molecule has 0 aromatic heterocycles. The van der Waals surface area contributed by atoms with Crippen molar-refractivity contribution in [1.82, 2.24) is 0 Å². The van der Waals surface area contributed by atoms with E-state index in [0.717, 1.165) is 5.56 Å². The van der Waals surface area contributed by atoms with Crippen molar-refractivity contribution in [2.24, 2.45) is 0 Å². The van der Waals surface area contributed by atoms with Crippen LogP contribution in [0, 0.1) is 19.3 Å². The number of hydrogen-bond acceptors (Lipinski definition) is 0. The SMILES string of the molecule is [C-]#[N+]C(C)c1c(C)cccc1F. The maximum absolute atomic E-state index is 13.1. The van der Waals surface area contributed by atoms with Crippen LogP contribution in [0.3, 0.4) is 0 Å². The smallest absolute Gasteiger partial charge is 0.249 e. The second-order valence-electron chi connectivity index (χ2n) is 2.78. The molecule has 0 heterocycles. The summed E-state index contributed by atoms with van der Waals surface area (Å²) in [5.41, 5.74) is 1.37. The van der Waals surface area contributed by atoms with Crippen LogP contribution in [-0.4, -0.2) is 0 Å². The van der Waals surface area contributed by atoms with E-state index in [1.807, 2.05) is 13.0 Å². The highest BCUT2D eigenvalue weighted by Gasteiger charge is 2.16. The van der Waals surface area contributed by atoms with Crippen LogP contribution >= 0.6 is 0 Å². The average Bonchev–Trinajstić information content (AvgIpc) is 2.03. The highest BCUT2D eigenvalue weighted by atomic mass is 19.1. The topological polar surface area (TPSA) is 4.36 Å². The first-order valence-electron chi connectivity index (χ1n) is 3.78. The van der Waals surface area contributed by atoms with Crippen molar-refractivity contribution in [2.45, 2.75) is 19.9 Å². The number of aryl methyl sites for hydroxylation is 1. The molecule has 62 valence electrons. The summed E-state index contributed by atoms with van der Waals surface area (Å²) in [6.45, 7) is 10.3. The van der Waals surface area contributed by atoms with Crippen molar-refractivity contribution in [2.75, 3.05) is 0 Å². The van der Waals surface area contributed by atoms with Gasteiger partial charge in [0.1, 0.15) is 5.82 Å². The third-order valence-electron chi connectivity index (χ3n) is 1.88. The first kappa shape index (κ1) is 8.73. The van der Waals surface area contributed by atoms with Crippen LogP contribution in [0.15, 0.2) is 18.2 Å². The van der Waals surface area contributed by atoms with Gasteiger partial charge in [0, 0.05) is 6.92 Å². The van der Waals surface area contributed by atoms with Gasteiger partial charge in [-0.25, -0.2) is 11.0 Å². The Morgan fingerprint density at radius 1 is 1.50 bits per heavy atom. The van der Waals surface area contributed by atoms with Gasteiger partial charge >= 0.3 is 0 Å². The highest BCUT2D eigenvalue weighted by Crippen LogP contribution is 2.23. The second-order valence-corrected chi connectivity index (χ2v) is 2.78. The molecule has 0 saturated heterocycles. The van der Waals surface area contributed by atoms with E-state index in [4.69, 9.17) is 6.57 Å². The van der Waals surface area contributed by atoms with Gasteiger partial charge in [-0.15, -0.1) is 0 Å². The fraction of sp³-hybridized carbons (Fsp3) is 0.300. The molecule has 0 aliphatic heterocycles. The second kappa shape index (κ2) is 3.36. The molecule has 1 aromatic carbocycles. The molecule has 0 saturated carbocycles. The lowest BCUT2D eigenvalue weighted by Gasteiger charge is -2.04. The monoisotopic (exact) mass is 163 g/mol. The Kier molecular flexibility index (Phi) is 2.44. The number of nitrogens with zero attached hydrogens (tertiary/aromatic N) is 1. The van der Waals surface area contributed by atoms with E-state index in [1.165, 1.54) is 6.07 Å². The Morgan fingerprint density at radius 2 is 2.17 bits per heavy atom. The van der Waals surface area contributed by atoms with Gasteiger partial charge in [-0.05, 0) is 18.6 Å². The molecule has 12 heavy (non-hydrogen) atoms. The number of benzene rings is 1. The van der Waals surface area contributed by atoms with Crippen LogP contribution < -0.4 is 0 Å². The largest absolute Gasteiger partial charge is 0.309 e. The Bertz CT molecular complexity index is 305. The molecule has 1 unspecified atom stereocenters. The minimum absolute atomic E-state index is 0.279. The molecule has 1 atom stereocenters. The standard InChI is InChI=1S/C10H10FN/c1-7-5-4-6-9(11)10(7)8(2)12-3/h4-6,8H,1-2H3. The van der Waals surface area contributed by atoms with Crippen molar-refractivity contribution in [1.29, 1.82) is 0 Å². The van der Waals surface area contributed by atoms with E-state index in [0.29, 0.717) is 5.56 Å². The van der Waals surface area contributed by atoms with Crippen LogP contribution in [0.2, 0.25) is 0 Å². The molecular formula is C10H10FN. The van der Waals surface area contributed by atoms with Crippen molar-refractivity contribution in [3.05, 3.63) is 46.6 Å². The summed E-state index contributed by atoms with van der Waals surface area (Å²) >= 11 is 0. The van der Waals surface area contributed by atoms with Crippen LogP contribution in [-0.2, 0) is 0 Å². The summed E-state index contributed by atoms with van der Waals surface area (Å²) < 4.78 is 13.1.